The van der Waals surface area contributed by atoms with E-state index in [1.165, 1.54) is 0 Å². The molecular formula is C21H24N6O3S. The van der Waals surface area contributed by atoms with Gasteiger partial charge < -0.3 is 15.0 Å². The van der Waals surface area contributed by atoms with Crippen LogP contribution in [0, 0.1) is 0 Å². The van der Waals surface area contributed by atoms with Crippen LogP contribution < -0.4 is 25.1 Å². The smallest absolute Gasteiger partial charge is 0.262 e. The van der Waals surface area contributed by atoms with Gasteiger partial charge >= 0.3 is 0 Å². The number of fused-ring (bicyclic) bond motifs is 2. The number of likely N-dealkylation sites (N-methyl/N-ethyl adjacent to an activating group) is 1. The van der Waals surface area contributed by atoms with Crippen LogP contribution in [0.5, 0.6) is 5.75 Å². The normalized spacial score (nSPS) is 18.7. The molecule has 2 heterocycles. The maximum absolute atomic E-state index is 13.0. The molecule has 31 heavy (non-hydrogen) atoms. The number of hydrazone groups is 1. The van der Waals surface area contributed by atoms with E-state index in [0.29, 0.717) is 24.0 Å². The number of benzene rings is 2. The van der Waals surface area contributed by atoms with Crippen LogP contribution in [0.4, 0.5) is 11.4 Å². The highest BCUT2D eigenvalue weighted by Gasteiger charge is 2.23. The van der Waals surface area contributed by atoms with Gasteiger partial charge in [0.25, 0.3) is 10.0 Å². The SMILES string of the molecule is CN1CCOc2cc(S(=O)(=O)Nc3ccc4c(c3)/C(=N\NC3=NCCN3)CC4)ccc21. The Hall–Kier alpha value is -3.27. The maximum atomic E-state index is 13.0. The number of guanidine groups is 1. The van der Waals surface area contributed by atoms with Crippen molar-refractivity contribution in [3.8, 4) is 5.75 Å². The van der Waals surface area contributed by atoms with Gasteiger partial charge in [0.05, 0.1) is 29.4 Å². The maximum Gasteiger partial charge on any atom is 0.262 e. The predicted octanol–water partition coefficient (Wildman–Crippen LogP) is 1.52. The molecule has 0 spiro atoms. The molecule has 0 aromatic heterocycles. The Bertz CT molecular complexity index is 1190. The van der Waals surface area contributed by atoms with Gasteiger partial charge in [-0.2, -0.15) is 5.10 Å². The van der Waals surface area contributed by atoms with Crippen molar-refractivity contribution in [2.75, 3.05) is 42.9 Å². The van der Waals surface area contributed by atoms with E-state index in [2.05, 4.69) is 25.6 Å². The summed E-state index contributed by atoms with van der Waals surface area (Å²) in [4.78, 5) is 6.49. The number of hydrogen-bond acceptors (Lipinski definition) is 8. The summed E-state index contributed by atoms with van der Waals surface area (Å²) in [5.74, 6) is 1.24. The van der Waals surface area contributed by atoms with Crippen LogP contribution in [0.25, 0.3) is 0 Å². The molecule has 0 unspecified atom stereocenters. The fourth-order valence-electron chi connectivity index (χ4n) is 3.94. The Kier molecular flexibility index (Phi) is 4.93. The van der Waals surface area contributed by atoms with Crippen LogP contribution >= 0.6 is 0 Å². The van der Waals surface area contributed by atoms with Crippen LogP contribution in [0.2, 0.25) is 0 Å². The van der Waals surface area contributed by atoms with Crippen LogP contribution in [0.15, 0.2) is 51.4 Å². The van der Waals surface area contributed by atoms with Crippen molar-refractivity contribution in [1.29, 1.82) is 0 Å². The largest absolute Gasteiger partial charge is 0.490 e. The Labute approximate surface area is 181 Å². The Morgan fingerprint density at radius 1 is 1.19 bits per heavy atom. The number of ether oxygens (including phenoxy) is 1. The third-order valence-electron chi connectivity index (χ3n) is 5.61. The van der Waals surface area contributed by atoms with E-state index in [-0.39, 0.29) is 4.90 Å². The molecule has 0 saturated heterocycles. The third-order valence-corrected chi connectivity index (χ3v) is 6.99. The minimum absolute atomic E-state index is 0.169. The lowest BCUT2D eigenvalue weighted by Gasteiger charge is -2.27. The average Bonchev–Trinajstić information content (AvgIpc) is 3.41. The lowest BCUT2D eigenvalue weighted by molar-refractivity contribution is 0.310. The second-order valence-corrected chi connectivity index (χ2v) is 9.39. The first kappa shape index (κ1) is 19.7. The molecule has 2 aromatic carbocycles. The molecule has 0 atom stereocenters. The van der Waals surface area contributed by atoms with E-state index in [1.807, 2.05) is 24.1 Å². The average molecular weight is 441 g/mol. The standard InChI is InChI=1S/C21H24N6O3S/c1-27-10-11-30-20-13-16(5-7-19(20)27)31(28,29)26-15-4-2-14-3-6-18(17(14)12-15)24-25-21-22-8-9-23-21/h2,4-5,7,12-13,26H,3,6,8-11H2,1H3,(H2,22,23,25)/b24-18-. The van der Waals surface area contributed by atoms with Crippen molar-refractivity contribution in [3.63, 3.8) is 0 Å². The first-order valence-corrected chi connectivity index (χ1v) is 11.7. The molecule has 3 N–H and O–H groups in total. The quantitative estimate of drug-likeness (QED) is 0.623. The van der Waals surface area contributed by atoms with Crippen LogP contribution in [-0.4, -0.2) is 53.4 Å². The summed E-state index contributed by atoms with van der Waals surface area (Å²) in [6, 6.07) is 10.5. The molecular weight excluding hydrogens is 416 g/mol. The van der Waals surface area contributed by atoms with Gasteiger partial charge in [0.15, 0.2) is 0 Å². The number of hydrogen-bond donors (Lipinski definition) is 3. The highest BCUT2D eigenvalue weighted by Crippen LogP contribution is 2.33. The lowest BCUT2D eigenvalue weighted by atomic mass is 10.1. The number of aliphatic imine (C=N–C) groups is 1. The van der Waals surface area contributed by atoms with Gasteiger partial charge in [-0.3, -0.25) is 4.72 Å². The molecule has 0 radical (unpaired) electrons. The van der Waals surface area contributed by atoms with Crippen LogP contribution in [-0.2, 0) is 16.4 Å². The zero-order chi connectivity index (χ0) is 21.4. The number of rotatable bonds is 4. The number of nitrogens with one attached hydrogen (secondary N) is 3. The van der Waals surface area contributed by atoms with E-state index in [0.717, 1.165) is 55.0 Å². The van der Waals surface area contributed by atoms with Gasteiger partial charge in [-0.15, -0.1) is 0 Å². The fraction of sp³-hybridized carbons (Fsp3) is 0.333. The molecule has 0 fully saturated rings. The van der Waals surface area contributed by atoms with E-state index in [4.69, 9.17) is 4.74 Å². The van der Waals surface area contributed by atoms with Crippen LogP contribution in [0.1, 0.15) is 17.5 Å². The zero-order valence-electron chi connectivity index (χ0n) is 17.2. The van der Waals surface area contributed by atoms with E-state index >= 15 is 0 Å². The first-order valence-electron chi connectivity index (χ1n) is 10.2. The predicted molar refractivity (Wildman–Crippen MR) is 121 cm³/mol. The van der Waals surface area contributed by atoms with Gasteiger partial charge in [-0.05, 0) is 42.7 Å². The number of aryl methyl sites for hydroxylation is 1. The number of nitrogens with zero attached hydrogens (tertiary/aromatic N) is 3. The summed E-state index contributed by atoms with van der Waals surface area (Å²) in [6.07, 6.45) is 1.67. The second kappa shape index (κ2) is 7.77. The molecule has 5 rings (SSSR count). The molecule has 2 aromatic rings. The summed E-state index contributed by atoms with van der Waals surface area (Å²) >= 11 is 0. The highest BCUT2D eigenvalue weighted by atomic mass is 32.2. The second-order valence-electron chi connectivity index (χ2n) is 7.70. The topological polar surface area (TPSA) is 107 Å². The minimum atomic E-state index is -3.76. The van der Waals surface area contributed by atoms with Crippen molar-refractivity contribution >= 4 is 33.1 Å². The van der Waals surface area contributed by atoms with Crippen molar-refractivity contribution < 1.29 is 13.2 Å². The molecule has 0 bridgehead atoms. The van der Waals surface area contributed by atoms with Crippen molar-refractivity contribution in [2.45, 2.75) is 17.7 Å². The number of anilines is 2. The van der Waals surface area contributed by atoms with Gasteiger partial charge in [-0.1, -0.05) is 6.07 Å². The summed E-state index contributed by atoms with van der Waals surface area (Å²) in [6.45, 7) is 2.84. The van der Waals surface area contributed by atoms with E-state index in [1.54, 1.807) is 24.3 Å². The fourth-order valence-corrected chi connectivity index (χ4v) is 5.01. The molecule has 162 valence electrons. The zero-order valence-corrected chi connectivity index (χ0v) is 18.0. The molecule has 0 saturated carbocycles. The molecule has 0 amide bonds. The Morgan fingerprint density at radius 2 is 2.10 bits per heavy atom. The Morgan fingerprint density at radius 3 is 2.94 bits per heavy atom. The first-order chi connectivity index (χ1) is 15.0. The van der Waals surface area contributed by atoms with E-state index < -0.39 is 10.0 Å². The molecule has 1 aliphatic carbocycles. The monoisotopic (exact) mass is 440 g/mol. The summed E-state index contributed by atoms with van der Waals surface area (Å²) in [5, 5.41) is 7.59. The highest BCUT2D eigenvalue weighted by molar-refractivity contribution is 7.92. The van der Waals surface area contributed by atoms with Crippen molar-refractivity contribution in [2.24, 2.45) is 10.1 Å². The van der Waals surface area contributed by atoms with Crippen molar-refractivity contribution in [1.82, 2.24) is 10.7 Å². The third kappa shape index (κ3) is 3.90. The van der Waals surface area contributed by atoms with Gasteiger partial charge in [0, 0.05) is 30.9 Å². The molecule has 2 aliphatic heterocycles. The number of sulfonamides is 1. The Balaban J connectivity index is 1.38. The van der Waals surface area contributed by atoms with E-state index in [9.17, 15) is 8.42 Å². The molecule has 9 nitrogen and oxygen atoms in total. The summed E-state index contributed by atoms with van der Waals surface area (Å²) in [7, 11) is -1.80. The summed E-state index contributed by atoms with van der Waals surface area (Å²) < 4.78 is 34.4. The molecule has 3 aliphatic rings. The van der Waals surface area contributed by atoms with Crippen LogP contribution in [0.3, 0.4) is 0 Å². The van der Waals surface area contributed by atoms with Gasteiger partial charge in [-0.25, -0.2) is 18.8 Å². The van der Waals surface area contributed by atoms with Crippen molar-refractivity contribution in [3.05, 3.63) is 47.5 Å². The summed E-state index contributed by atoms with van der Waals surface area (Å²) in [5.41, 5.74) is 7.33. The lowest BCUT2D eigenvalue weighted by Crippen LogP contribution is -2.30. The van der Waals surface area contributed by atoms with Gasteiger partial charge in [0.1, 0.15) is 12.4 Å². The minimum Gasteiger partial charge on any atom is -0.490 e. The molecule has 10 heteroatoms. The van der Waals surface area contributed by atoms with Gasteiger partial charge in [0.2, 0.25) is 5.96 Å².